The van der Waals surface area contributed by atoms with Crippen molar-refractivity contribution in [3.8, 4) is 5.75 Å². The number of hydrazone groups is 1. The van der Waals surface area contributed by atoms with E-state index in [2.05, 4.69) is 15.8 Å². The first-order valence-electron chi connectivity index (χ1n) is 8.99. The highest BCUT2D eigenvalue weighted by atomic mass is 35.5. The Morgan fingerprint density at radius 3 is 2.31 bits per heavy atom. The van der Waals surface area contributed by atoms with Gasteiger partial charge in [0.2, 0.25) is 0 Å². The van der Waals surface area contributed by atoms with Crippen LogP contribution in [-0.2, 0) is 9.59 Å². The van der Waals surface area contributed by atoms with Crippen LogP contribution in [0.5, 0.6) is 5.75 Å². The lowest BCUT2D eigenvalue weighted by atomic mass is 10.2. The van der Waals surface area contributed by atoms with Crippen molar-refractivity contribution in [2.24, 2.45) is 5.10 Å². The summed E-state index contributed by atoms with van der Waals surface area (Å²) in [5.41, 5.74) is 2.74. The fourth-order valence-corrected chi connectivity index (χ4v) is 2.69. The lowest BCUT2D eigenvalue weighted by Crippen LogP contribution is -2.32. The van der Waals surface area contributed by atoms with Gasteiger partial charge >= 0.3 is 17.8 Å². The standard InChI is InChI=1S/C22H14Cl2FN3O4/c23-17-10-7-14(11-18(17)24)27-20(29)21(30)28-26-12-13-5-8-15(9-6-13)32-22(31)16-3-1-2-4-19(16)25/h1-12H,(H,27,29)(H,28,30)/b26-12+. The highest BCUT2D eigenvalue weighted by Crippen LogP contribution is 2.24. The summed E-state index contributed by atoms with van der Waals surface area (Å²) >= 11 is 11.6. The molecule has 7 nitrogen and oxygen atoms in total. The van der Waals surface area contributed by atoms with Crippen LogP contribution in [-0.4, -0.2) is 24.0 Å². The molecule has 0 saturated heterocycles. The predicted molar refractivity (Wildman–Crippen MR) is 119 cm³/mol. The SMILES string of the molecule is O=C(N/N=C/c1ccc(OC(=O)c2ccccc2F)cc1)C(=O)Nc1ccc(Cl)c(Cl)c1. The molecule has 3 aromatic carbocycles. The number of hydrogen-bond donors (Lipinski definition) is 2. The average molecular weight is 474 g/mol. The fraction of sp³-hybridized carbons (Fsp3) is 0. The van der Waals surface area contributed by atoms with E-state index in [1.165, 1.54) is 54.7 Å². The molecule has 0 spiro atoms. The lowest BCUT2D eigenvalue weighted by molar-refractivity contribution is -0.136. The quantitative estimate of drug-likeness (QED) is 0.188. The number of ether oxygens (including phenoxy) is 1. The molecule has 0 unspecified atom stereocenters. The largest absolute Gasteiger partial charge is 0.423 e. The second-order valence-corrected chi connectivity index (χ2v) is 7.03. The van der Waals surface area contributed by atoms with Crippen molar-refractivity contribution in [3.63, 3.8) is 0 Å². The molecule has 32 heavy (non-hydrogen) atoms. The summed E-state index contributed by atoms with van der Waals surface area (Å²) in [6.07, 6.45) is 1.28. The molecule has 0 fully saturated rings. The van der Waals surface area contributed by atoms with Crippen LogP contribution >= 0.6 is 23.2 Å². The number of anilines is 1. The number of amides is 2. The van der Waals surface area contributed by atoms with Crippen LogP contribution in [0.2, 0.25) is 10.0 Å². The Morgan fingerprint density at radius 1 is 0.906 bits per heavy atom. The van der Waals surface area contributed by atoms with E-state index >= 15 is 0 Å². The van der Waals surface area contributed by atoms with Crippen LogP contribution in [0.15, 0.2) is 71.8 Å². The number of nitrogens with one attached hydrogen (secondary N) is 2. The smallest absolute Gasteiger partial charge is 0.346 e. The Hall–Kier alpha value is -3.75. The molecule has 2 N–H and O–H groups in total. The van der Waals surface area contributed by atoms with Gasteiger partial charge in [-0.1, -0.05) is 35.3 Å². The third-order valence-electron chi connectivity index (χ3n) is 3.95. The van der Waals surface area contributed by atoms with Crippen molar-refractivity contribution < 1.29 is 23.5 Å². The third-order valence-corrected chi connectivity index (χ3v) is 4.69. The normalized spacial score (nSPS) is 10.6. The van der Waals surface area contributed by atoms with Crippen molar-refractivity contribution in [2.45, 2.75) is 0 Å². The van der Waals surface area contributed by atoms with Gasteiger partial charge in [0.15, 0.2) is 0 Å². The van der Waals surface area contributed by atoms with Gasteiger partial charge < -0.3 is 10.1 Å². The van der Waals surface area contributed by atoms with E-state index in [-0.39, 0.29) is 16.3 Å². The third kappa shape index (κ3) is 6.13. The summed E-state index contributed by atoms with van der Waals surface area (Å²) in [5.74, 6) is -3.26. The molecule has 0 aliphatic carbocycles. The minimum absolute atomic E-state index is 0.181. The first-order valence-corrected chi connectivity index (χ1v) is 9.75. The zero-order valence-electron chi connectivity index (χ0n) is 16.1. The zero-order chi connectivity index (χ0) is 23.1. The zero-order valence-corrected chi connectivity index (χ0v) is 17.7. The fourth-order valence-electron chi connectivity index (χ4n) is 2.39. The van der Waals surface area contributed by atoms with Crippen molar-refractivity contribution in [2.75, 3.05) is 5.32 Å². The molecule has 0 aromatic heterocycles. The summed E-state index contributed by atoms with van der Waals surface area (Å²) in [4.78, 5) is 35.7. The maximum atomic E-state index is 13.6. The second-order valence-electron chi connectivity index (χ2n) is 6.22. The molecule has 10 heteroatoms. The molecular formula is C22H14Cl2FN3O4. The number of benzene rings is 3. The minimum Gasteiger partial charge on any atom is -0.423 e. The number of carbonyl (C=O) groups excluding carboxylic acids is 3. The van der Waals surface area contributed by atoms with Gasteiger partial charge in [0.1, 0.15) is 11.6 Å². The minimum atomic E-state index is -0.997. The van der Waals surface area contributed by atoms with Gasteiger partial charge in [0, 0.05) is 5.69 Å². The predicted octanol–water partition coefficient (Wildman–Crippen LogP) is 4.44. The maximum Gasteiger partial charge on any atom is 0.346 e. The van der Waals surface area contributed by atoms with E-state index in [1.807, 2.05) is 0 Å². The van der Waals surface area contributed by atoms with Gasteiger partial charge in [-0.25, -0.2) is 14.6 Å². The van der Waals surface area contributed by atoms with E-state index < -0.39 is 23.6 Å². The molecule has 3 rings (SSSR count). The Labute approximate surface area is 191 Å². The summed E-state index contributed by atoms with van der Waals surface area (Å²) in [7, 11) is 0. The number of esters is 1. The van der Waals surface area contributed by atoms with Crippen LogP contribution in [0.3, 0.4) is 0 Å². The van der Waals surface area contributed by atoms with Crippen LogP contribution in [0.25, 0.3) is 0 Å². The van der Waals surface area contributed by atoms with Crippen LogP contribution in [0.1, 0.15) is 15.9 Å². The Kier molecular flexibility index (Phi) is 7.54. The number of rotatable bonds is 5. The number of hydrogen-bond acceptors (Lipinski definition) is 5. The molecule has 2 amide bonds. The number of carbonyl (C=O) groups is 3. The van der Waals surface area contributed by atoms with Crippen molar-refractivity contribution in [1.82, 2.24) is 5.43 Å². The van der Waals surface area contributed by atoms with Gasteiger partial charge in [-0.15, -0.1) is 0 Å². The topological polar surface area (TPSA) is 96.9 Å². The number of halogens is 3. The molecule has 0 atom stereocenters. The van der Waals surface area contributed by atoms with E-state index in [9.17, 15) is 18.8 Å². The van der Waals surface area contributed by atoms with E-state index in [0.717, 1.165) is 6.07 Å². The molecular weight excluding hydrogens is 460 g/mol. The summed E-state index contributed by atoms with van der Waals surface area (Å²) in [6.45, 7) is 0. The molecule has 0 aliphatic rings. The highest BCUT2D eigenvalue weighted by Gasteiger charge is 2.14. The first-order chi connectivity index (χ1) is 15.3. The maximum absolute atomic E-state index is 13.6. The van der Waals surface area contributed by atoms with Gasteiger partial charge in [0.25, 0.3) is 0 Å². The molecule has 0 saturated carbocycles. The molecule has 162 valence electrons. The monoisotopic (exact) mass is 473 g/mol. The van der Waals surface area contributed by atoms with Crippen molar-refractivity contribution in [3.05, 3.63) is 93.7 Å². The van der Waals surface area contributed by atoms with Crippen LogP contribution in [0, 0.1) is 5.82 Å². The van der Waals surface area contributed by atoms with Gasteiger partial charge in [0.05, 0.1) is 21.8 Å². The summed E-state index contributed by atoms with van der Waals surface area (Å²) < 4.78 is 18.8. The Morgan fingerprint density at radius 2 is 1.62 bits per heavy atom. The van der Waals surface area contributed by atoms with Gasteiger partial charge in [-0.2, -0.15) is 5.10 Å². The Bertz CT molecular complexity index is 1200. The van der Waals surface area contributed by atoms with Gasteiger partial charge in [-0.05, 0) is 60.2 Å². The summed E-state index contributed by atoms with van der Waals surface area (Å²) in [5, 5.41) is 6.59. The van der Waals surface area contributed by atoms with Crippen LogP contribution in [0.4, 0.5) is 10.1 Å². The second kappa shape index (κ2) is 10.5. The van der Waals surface area contributed by atoms with Gasteiger partial charge in [-0.3, -0.25) is 9.59 Å². The average Bonchev–Trinajstić information content (AvgIpc) is 2.77. The molecule has 0 heterocycles. The lowest BCUT2D eigenvalue weighted by Gasteiger charge is -2.06. The van der Waals surface area contributed by atoms with Crippen molar-refractivity contribution >= 4 is 52.9 Å². The van der Waals surface area contributed by atoms with E-state index in [1.54, 1.807) is 12.1 Å². The highest BCUT2D eigenvalue weighted by molar-refractivity contribution is 6.43. The Balaban J connectivity index is 1.52. The summed E-state index contributed by atoms with van der Waals surface area (Å²) in [6, 6.07) is 15.9. The van der Waals surface area contributed by atoms with E-state index in [4.69, 9.17) is 27.9 Å². The molecule has 0 aliphatic heterocycles. The first kappa shape index (κ1) is 22.9. The molecule has 3 aromatic rings. The molecule has 0 bridgehead atoms. The van der Waals surface area contributed by atoms with E-state index in [0.29, 0.717) is 16.3 Å². The molecule has 0 radical (unpaired) electrons. The van der Waals surface area contributed by atoms with Crippen LogP contribution < -0.4 is 15.5 Å². The van der Waals surface area contributed by atoms with Crippen molar-refractivity contribution in [1.29, 1.82) is 0 Å². The number of nitrogens with zero attached hydrogens (tertiary/aromatic N) is 1.